The lowest BCUT2D eigenvalue weighted by Gasteiger charge is -2.18. The summed E-state index contributed by atoms with van der Waals surface area (Å²) >= 11 is 1.60. The topological polar surface area (TPSA) is 38.2 Å². The second kappa shape index (κ2) is 5.34. The number of aromatic nitrogens is 2. The van der Waals surface area contributed by atoms with Crippen LogP contribution in [0.2, 0.25) is 0 Å². The average molecular weight is 271 g/mol. The fourth-order valence-electron chi connectivity index (χ4n) is 1.83. The molecule has 0 spiro atoms. The number of anilines is 1. The molecule has 3 rings (SSSR count). The lowest BCUT2D eigenvalue weighted by atomic mass is 10.2. The molecule has 0 atom stereocenters. The van der Waals surface area contributed by atoms with Crippen molar-refractivity contribution in [2.24, 2.45) is 0 Å². The molecule has 0 fully saturated rings. The number of hydroxylamine groups is 1. The highest BCUT2D eigenvalue weighted by atomic mass is 32.1. The summed E-state index contributed by atoms with van der Waals surface area (Å²) in [6.07, 6.45) is 1.57. The highest BCUT2D eigenvalue weighted by molar-refractivity contribution is 7.16. The van der Waals surface area contributed by atoms with Crippen LogP contribution in [0.4, 0.5) is 5.82 Å². The normalized spacial score (nSPS) is 10.8. The first-order valence-electron chi connectivity index (χ1n) is 5.93. The highest BCUT2D eigenvalue weighted by Crippen LogP contribution is 2.26. The fraction of sp³-hybridized carbons (Fsp3) is 0.143. The molecule has 0 saturated heterocycles. The van der Waals surface area contributed by atoms with Crippen molar-refractivity contribution < 1.29 is 4.84 Å². The number of fused-ring (bicyclic) bond motifs is 1. The third-order valence-electron chi connectivity index (χ3n) is 2.81. The van der Waals surface area contributed by atoms with E-state index in [1.807, 2.05) is 48.8 Å². The van der Waals surface area contributed by atoms with E-state index >= 15 is 0 Å². The van der Waals surface area contributed by atoms with Gasteiger partial charge in [0.05, 0.1) is 12.0 Å². The van der Waals surface area contributed by atoms with Crippen LogP contribution in [0.3, 0.4) is 0 Å². The van der Waals surface area contributed by atoms with E-state index in [-0.39, 0.29) is 0 Å². The monoisotopic (exact) mass is 271 g/mol. The van der Waals surface area contributed by atoms with E-state index in [0.717, 1.165) is 21.6 Å². The molecule has 5 heteroatoms. The second-order valence-electron chi connectivity index (χ2n) is 4.09. The number of thiophene rings is 1. The summed E-state index contributed by atoms with van der Waals surface area (Å²) < 4.78 is 0. The molecule has 2 heterocycles. The summed E-state index contributed by atoms with van der Waals surface area (Å²) in [6, 6.07) is 12.1. The van der Waals surface area contributed by atoms with Crippen LogP contribution >= 0.6 is 11.3 Å². The average Bonchev–Trinajstić information content (AvgIpc) is 2.94. The Morgan fingerprint density at radius 2 is 2.00 bits per heavy atom. The van der Waals surface area contributed by atoms with Crippen LogP contribution in [0, 0.1) is 0 Å². The molecule has 0 radical (unpaired) electrons. The van der Waals surface area contributed by atoms with Crippen LogP contribution in [-0.2, 0) is 11.4 Å². The number of nitrogens with zero attached hydrogens (tertiary/aromatic N) is 3. The lowest BCUT2D eigenvalue weighted by molar-refractivity contribution is 0.107. The zero-order valence-corrected chi connectivity index (χ0v) is 11.3. The summed E-state index contributed by atoms with van der Waals surface area (Å²) in [4.78, 5) is 15.2. The Hall–Kier alpha value is -1.98. The SMILES string of the molecule is CN(OCc1ccccc1)c1ncnc2sccc12. The van der Waals surface area contributed by atoms with Crippen LogP contribution in [0.1, 0.15) is 5.56 Å². The molecule has 96 valence electrons. The summed E-state index contributed by atoms with van der Waals surface area (Å²) in [5.41, 5.74) is 1.13. The molecule has 0 unspecified atom stereocenters. The van der Waals surface area contributed by atoms with Gasteiger partial charge in [-0.1, -0.05) is 30.3 Å². The molecule has 0 aliphatic heterocycles. The Balaban J connectivity index is 1.77. The van der Waals surface area contributed by atoms with Gasteiger partial charge >= 0.3 is 0 Å². The summed E-state index contributed by atoms with van der Waals surface area (Å²) in [5, 5.41) is 4.72. The van der Waals surface area contributed by atoms with Crippen LogP contribution < -0.4 is 5.06 Å². The van der Waals surface area contributed by atoms with Gasteiger partial charge in [0.1, 0.15) is 11.2 Å². The van der Waals surface area contributed by atoms with Crippen molar-refractivity contribution in [2.75, 3.05) is 12.1 Å². The van der Waals surface area contributed by atoms with Crippen LogP contribution in [0.5, 0.6) is 0 Å². The highest BCUT2D eigenvalue weighted by Gasteiger charge is 2.09. The Kier molecular flexibility index (Phi) is 3.39. The zero-order valence-electron chi connectivity index (χ0n) is 10.5. The maximum absolute atomic E-state index is 5.74. The zero-order chi connectivity index (χ0) is 13.1. The van der Waals surface area contributed by atoms with Crippen molar-refractivity contribution >= 4 is 27.4 Å². The third-order valence-corrected chi connectivity index (χ3v) is 3.63. The number of hydrogen-bond donors (Lipinski definition) is 0. The van der Waals surface area contributed by atoms with Gasteiger partial charge in [-0.3, -0.25) is 4.84 Å². The van der Waals surface area contributed by atoms with E-state index in [1.165, 1.54) is 0 Å². The van der Waals surface area contributed by atoms with Crippen molar-refractivity contribution in [1.82, 2.24) is 9.97 Å². The summed E-state index contributed by atoms with van der Waals surface area (Å²) in [5.74, 6) is 0.794. The molecule has 19 heavy (non-hydrogen) atoms. The molecule has 1 aromatic carbocycles. The smallest absolute Gasteiger partial charge is 0.164 e. The van der Waals surface area contributed by atoms with Crippen molar-refractivity contribution in [3.05, 3.63) is 53.7 Å². The second-order valence-corrected chi connectivity index (χ2v) is 4.99. The largest absolute Gasteiger partial charge is 0.267 e. The van der Waals surface area contributed by atoms with Gasteiger partial charge in [0, 0.05) is 7.05 Å². The van der Waals surface area contributed by atoms with Crippen molar-refractivity contribution in [1.29, 1.82) is 0 Å². The molecule has 0 aliphatic carbocycles. The van der Waals surface area contributed by atoms with Crippen molar-refractivity contribution in [2.45, 2.75) is 6.61 Å². The minimum absolute atomic E-state index is 0.521. The molecule has 4 nitrogen and oxygen atoms in total. The molecular formula is C14H13N3OS. The lowest BCUT2D eigenvalue weighted by Crippen LogP contribution is -2.19. The molecule has 0 saturated carbocycles. The van der Waals surface area contributed by atoms with E-state index in [1.54, 1.807) is 22.7 Å². The minimum Gasteiger partial charge on any atom is -0.267 e. The first kappa shape index (κ1) is 12.1. The predicted molar refractivity (Wildman–Crippen MR) is 77.0 cm³/mol. The number of rotatable bonds is 4. The van der Waals surface area contributed by atoms with Crippen molar-refractivity contribution in [3.63, 3.8) is 0 Å². The van der Waals surface area contributed by atoms with E-state index in [0.29, 0.717) is 6.61 Å². The van der Waals surface area contributed by atoms with Gasteiger partial charge in [0.15, 0.2) is 5.82 Å². The predicted octanol–water partition coefficient (Wildman–Crippen LogP) is 3.26. The van der Waals surface area contributed by atoms with E-state index in [4.69, 9.17) is 4.84 Å². The van der Waals surface area contributed by atoms with Crippen LogP contribution in [0.15, 0.2) is 48.1 Å². The van der Waals surface area contributed by atoms with Crippen LogP contribution in [0.25, 0.3) is 10.2 Å². The molecule has 0 aliphatic rings. The first-order valence-corrected chi connectivity index (χ1v) is 6.81. The standard InChI is InChI=1S/C14H13N3OS/c1-17(18-9-11-5-3-2-4-6-11)13-12-7-8-19-14(12)16-10-15-13/h2-8,10H,9H2,1H3. The van der Waals surface area contributed by atoms with Gasteiger partial charge in [-0.05, 0) is 17.0 Å². The maximum Gasteiger partial charge on any atom is 0.164 e. The maximum atomic E-state index is 5.74. The minimum atomic E-state index is 0.521. The summed E-state index contributed by atoms with van der Waals surface area (Å²) in [6.45, 7) is 0.521. The Morgan fingerprint density at radius 1 is 1.16 bits per heavy atom. The first-order chi connectivity index (χ1) is 9.34. The van der Waals surface area contributed by atoms with Gasteiger partial charge < -0.3 is 0 Å². The molecule has 0 bridgehead atoms. The molecule has 0 amide bonds. The van der Waals surface area contributed by atoms with Crippen LogP contribution in [-0.4, -0.2) is 17.0 Å². The molecule has 0 N–H and O–H groups in total. The Bertz CT molecular complexity index is 669. The Labute approximate surface area is 115 Å². The van der Waals surface area contributed by atoms with Gasteiger partial charge in [0.25, 0.3) is 0 Å². The van der Waals surface area contributed by atoms with Crippen molar-refractivity contribution in [3.8, 4) is 0 Å². The summed E-state index contributed by atoms with van der Waals surface area (Å²) in [7, 11) is 1.86. The third kappa shape index (κ3) is 2.57. The number of hydrogen-bond acceptors (Lipinski definition) is 5. The molecule has 2 aromatic heterocycles. The van der Waals surface area contributed by atoms with E-state index < -0.39 is 0 Å². The Morgan fingerprint density at radius 3 is 2.84 bits per heavy atom. The molecular weight excluding hydrogens is 258 g/mol. The van der Waals surface area contributed by atoms with Gasteiger partial charge in [-0.15, -0.1) is 11.3 Å². The fourth-order valence-corrected chi connectivity index (χ4v) is 2.56. The quantitative estimate of drug-likeness (QED) is 0.683. The van der Waals surface area contributed by atoms with Gasteiger partial charge in [-0.2, -0.15) is 0 Å². The molecule has 3 aromatic rings. The number of benzene rings is 1. The van der Waals surface area contributed by atoms with Gasteiger partial charge in [0.2, 0.25) is 0 Å². The van der Waals surface area contributed by atoms with Gasteiger partial charge in [-0.25, -0.2) is 15.0 Å². The van der Waals surface area contributed by atoms with E-state index in [2.05, 4.69) is 9.97 Å². The van der Waals surface area contributed by atoms with E-state index in [9.17, 15) is 0 Å².